The maximum Gasteiger partial charge on any atom is 0.223 e. The van der Waals surface area contributed by atoms with E-state index in [2.05, 4.69) is 53.1 Å². The van der Waals surface area contributed by atoms with Gasteiger partial charge in [0.05, 0.1) is 0 Å². The van der Waals surface area contributed by atoms with Gasteiger partial charge in [-0.3, -0.25) is 4.79 Å². The van der Waals surface area contributed by atoms with Crippen molar-refractivity contribution in [2.24, 2.45) is 11.8 Å². The quantitative estimate of drug-likeness (QED) is 0.884. The van der Waals surface area contributed by atoms with E-state index in [9.17, 15) is 4.79 Å². The average molecular weight is 282 g/mol. The molecule has 2 N–H and O–H groups in total. The normalized spacial score (nSPS) is 16.4. The van der Waals surface area contributed by atoms with Crippen molar-refractivity contribution >= 4 is 16.7 Å². The second kappa shape index (κ2) is 6.27. The van der Waals surface area contributed by atoms with Crippen LogP contribution in [0.5, 0.6) is 0 Å². The zero-order chi connectivity index (χ0) is 14.7. The summed E-state index contributed by atoms with van der Waals surface area (Å²) in [6.07, 6.45) is 0.881. The van der Waals surface area contributed by atoms with Crippen LogP contribution >= 0.6 is 0 Å². The van der Waals surface area contributed by atoms with E-state index >= 15 is 0 Å². The largest absolute Gasteiger partial charge is 0.356 e. The first-order valence-electron chi connectivity index (χ1n) is 7.70. The van der Waals surface area contributed by atoms with Gasteiger partial charge < -0.3 is 10.6 Å². The maximum atomic E-state index is 12.0. The minimum absolute atomic E-state index is 0.114. The van der Waals surface area contributed by atoms with Gasteiger partial charge in [0.2, 0.25) is 5.91 Å². The molecule has 2 aromatic rings. The van der Waals surface area contributed by atoms with Crippen molar-refractivity contribution in [3.8, 4) is 0 Å². The van der Waals surface area contributed by atoms with Gasteiger partial charge in [-0.15, -0.1) is 0 Å². The highest BCUT2D eigenvalue weighted by Crippen LogP contribution is 2.17. The van der Waals surface area contributed by atoms with Crippen LogP contribution < -0.4 is 10.6 Å². The summed E-state index contributed by atoms with van der Waals surface area (Å²) in [5.41, 5.74) is 1.27. The van der Waals surface area contributed by atoms with Gasteiger partial charge in [0.15, 0.2) is 0 Å². The highest BCUT2D eigenvalue weighted by Gasteiger charge is 2.28. The molecule has 3 rings (SSSR count). The lowest BCUT2D eigenvalue weighted by Crippen LogP contribution is -2.49. The third-order valence-corrected chi connectivity index (χ3v) is 4.46. The average Bonchev–Trinajstić information content (AvgIpc) is 2.45. The van der Waals surface area contributed by atoms with Gasteiger partial charge in [0, 0.05) is 12.5 Å². The van der Waals surface area contributed by atoms with Gasteiger partial charge >= 0.3 is 0 Å². The number of hydrogen-bond donors (Lipinski definition) is 2. The van der Waals surface area contributed by atoms with E-state index in [0.717, 1.165) is 19.5 Å². The van der Waals surface area contributed by atoms with Crippen LogP contribution in [0, 0.1) is 11.8 Å². The Kier molecular flexibility index (Phi) is 4.20. The van der Waals surface area contributed by atoms with E-state index in [1.165, 1.54) is 16.3 Å². The summed E-state index contributed by atoms with van der Waals surface area (Å²) in [4.78, 5) is 12.0. The van der Waals surface area contributed by atoms with Crippen LogP contribution in [0.4, 0.5) is 0 Å². The van der Waals surface area contributed by atoms with Crippen molar-refractivity contribution < 1.29 is 4.79 Å². The zero-order valence-corrected chi connectivity index (χ0v) is 12.4. The van der Waals surface area contributed by atoms with Crippen molar-refractivity contribution in [3.05, 3.63) is 48.0 Å². The topological polar surface area (TPSA) is 41.1 Å². The Morgan fingerprint density at radius 3 is 2.71 bits per heavy atom. The zero-order valence-electron chi connectivity index (χ0n) is 12.4. The Labute approximate surface area is 125 Å². The molecule has 1 aliphatic heterocycles. The molecule has 0 spiro atoms. The Hall–Kier alpha value is -1.87. The van der Waals surface area contributed by atoms with E-state index in [4.69, 9.17) is 0 Å². The second-order valence-corrected chi connectivity index (χ2v) is 5.93. The van der Waals surface area contributed by atoms with Gasteiger partial charge in [-0.25, -0.2) is 0 Å². The lowest BCUT2D eigenvalue weighted by molar-refractivity contribution is -0.126. The number of fused-ring (bicyclic) bond motifs is 1. The van der Waals surface area contributed by atoms with Gasteiger partial charge in [-0.2, -0.15) is 0 Å². The van der Waals surface area contributed by atoms with Crippen LogP contribution in [0.15, 0.2) is 42.5 Å². The van der Waals surface area contributed by atoms with Crippen LogP contribution in [-0.2, 0) is 11.2 Å². The minimum atomic E-state index is 0.114. The van der Waals surface area contributed by atoms with Crippen molar-refractivity contribution in [2.45, 2.75) is 13.3 Å². The maximum absolute atomic E-state index is 12.0. The lowest BCUT2D eigenvalue weighted by atomic mass is 9.88. The predicted octanol–water partition coefficient (Wildman–Crippen LogP) is 2.35. The Morgan fingerprint density at radius 2 is 2.00 bits per heavy atom. The van der Waals surface area contributed by atoms with Crippen molar-refractivity contribution in [2.75, 3.05) is 19.6 Å². The molecule has 0 radical (unpaired) electrons. The fraction of sp³-hybridized carbons (Fsp3) is 0.389. The summed E-state index contributed by atoms with van der Waals surface area (Å²) in [6.45, 7) is 4.68. The molecule has 1 saturated heterocycles. The summed E-state index contributed by atoms with van der Waals surface area (Å²) >= 11 is 0. The molecule has 1 heterocycles. The van der Waals surface area contributed by atoms with E-state index in [1.54, 1.807) is 0 Å². The van der Waals surface area contributed by atoms with Crippen LogP contribution in [0.2, 0.25) is 0 Å². The van der Waals surface area contributed by atoms with Crippen molar-refractivity contribution in [1.82, 2.24) is 10.6 Å². The highest BCUT2D eigenvalue weighted by atomic mass is 16.1. The molecule has 2 aromatic carbocycles. The fourth-order valence-electron chi connectivity index (χ4n) is 2.76. The third kappa shape index (κ3) is 3.24. The summed E-state index contributed by atoms with van der Waals surface area (Å²) < 4.78 is 0. The Balaban J connectivity index is 1.52. The molecule has 0 aliphatic carbocycles. The molecule has 1 atom stereocenters. The van der Waals surface area contributed by atoms with Gasteiger partial charge in [0.25, 0.3) is 0 Å². The van der Waals surface area contributed by atoms with Gasteiger partial charge in [-0.05, 0) is 41.8 Å². The number of benzene rings is 2. The first kappa shape index (κ1) is 14.1. The number of amides is 1. The predicted molar refractivity (Wildman–Crippen MR) is 86.2 cm³/mol. The molecule has 0 bridgehead atoms. The third-order valence-electron chi connectivity index (χ3n) is 4.46. The molecule has 1 fully saturated rings. The van der Waals surface area contributed by atoms with E-state index in [0.29, 0.717) is 12.5 Å². The Morgan fingerprint density at radius 1 is 1.24 bits per heavy atom. The molecular weight excluding hydrogens is 260 g/mol. The Bertz CT molecular complexity index is 634. The first-order valence-corrected chi connectivity index (χ1v) is 7.70. The molecule has 1 aliphatic rings. The highest BCUT2D eigenvalue weighted by molar-refractivity contribution is 5.83. The van der Waals surface area contributed by atoms with Crippen LogP contribution in [0.25, 0.3) is 10.8 Å². The fourth-order valence-corrected chi connectivity index (χ4v) is 2.76. The minimum Gasteiger partial charge on any atom is -0.356 e. The second-order valence-electron chi connectivity index (χ2n) is 5.93. The summed E-state index contributed by atoms with van der Waals surface area (Å²) in [5, 5.41) is 8.80. The summed E-state index contributed by atoms with van der Waals surface area (Å²) in [5.74, 6) is 0.802. The van der Waals surface area contributed by atoms with Crippen molar-refractivity contribution in [1.29, 1.82) is 0 Å². The summed E-state index contributed by atoms with van der Waals surface area (Å²) in [6, 6.07) is 14.9. The SMILES string of the molecule is CC(C(=O)NCCc1ccc2ccccc2c1)C1CNC1. The van der Waals surface area contributed by atoms with Crippen LogP contribution in [-0.4, -0.2) is 25.5 Å². The van der Waals surface area contributed by atoms with Crippen molar-refractivity contribution in [3.63, 3.8) is 0 Å². The lowest BCUT2D eigenvalue weighted by Gasteiger charge is -2.31. The monoisotopic (exact) mass is 282 g/mol. The van der Waals surface area contributed by atoms with E-state index in [-0.39, 0.29) is 11.8 Å². The van der Waals surface area contributed by atoms with E-state index in [1.807, 2.05) is 6.92 Å². The van der Waals surface area contributed by atoms with Crippen LogP contribution in [0.3, 0.4) is 0 Å². The molecule has 0 saturated carbocycles. The molecule has 1 unspecified atom stereocenters. The number of nitrogens with one attached hydrogen (secondary N) is 2. The molecule has 110 valence electrons. The van der Waals surface area contributed by atoms with E-state index < -0.39 is 0 Å². The number of carbonyl (C=O) groups excluding carboxylic acids is 1. The van der Waals surface area contributed by atoms with Gasteiger partial charge in [-0.1, -0.05) is 49.4 Å². The number of rotatable bonds is 5. The van der Waals surface area contributed by atoms with Gasteiger partial charge in [0.1, 0.15) is 0 Å². The summed E-state index contributed by atoms with van der Waals surface area (Å²) in [7, 11) is 0. The molecule has 1 amide bonds. The molecule has 21 heavy (non-hydrogen) atoms. The molecule has 0 aromatic heterocycles. The number of hydrogen-bond acceptors (Lipinski definition) is 2. The number of carbonyl (C=O) groups is 1. The molecule has 3 heteroatoms. The molecular formula is C18H22N2O. The smallest absolute Gasteiger partial charge is 0.223 e. The van der Waals surface area contributed by atoms with Crippen LogP contribution in [0.1, 0.15) is 12.5 Å². The standard InChI is InChI=1S/C18H22N2O/c1-13(17-11-19-12-17)18(21)20-9-8-14-6-7-15-4-2-3-5-16(15)10-14/h2-7,10,13,17,19H,8-9,11-12H2,1H3,(H,20,21). The first-order chi connectivity index (χ1) is 10.2. The molecule has 3 nitrogen and oxygen atoms in total.